The molecule has 112 valence electrons. The van der Waals surface area contributed by atoms with Crippen molar-refractivity contribution in [1.29, 1.82) is 0 Å². The maximum Gasteiger partial charge on any atom is 0.401 e. The van der Waals surface area contributed by atoms with E-state index in [4.69, 9.17) is 11.6 Å². The SMILES string of the molecule is CCCN(CCC(=O)c1cccc(Cl)c1)CC(F)(F)F. The van der Waals surface area contributed by atoms with Crippen LogP contribution in [0.5, 0.6) is 0 Å². The molecular formula is C14H17ClF3NO. The van der Waals surface area contributed by atoms with Crippen LogP contribution in [0.25, 0.3) is 0 Å². The molecule has 2 nitrogen and oxygen atoms in total. The molecule has 0 bridgehead atoms. The highest BCUT2D eigenvalue weighted by Gasteiger charge is 2.30. The monoisotopic (exact) mass is 307 g/mol. The Morgan fingerprint density at radius 3 is 2.55 bits per heavy atom. The molecule has 0 unspecified atom stereocenters. The van der Waals surface area contributed by atoms with Gasteiger partial charge in [-0.15, -0.1) is 0 Å². The predicted octanol–water partition coefficient (Wildman–Crippen LogP) is 4.19. The van der Waals surface area contributed by atoms with Crippen LogP contribution in [-0.4, -0.2) is 36.5 Å². The summed E-state index contributed by atoms with van der Waals surface area (Å²) in [4.78, 5) is 13.2. The fourth-order valence-electron chi connectivity index (χ4n) is 1.91. The normalized spacial score (nSPS) is 11.9. The van der Waals surface area contributed by atoms with E-state index >= 15 is 0 Å². The Morgan fingerprint density at radius 2 is 2.00 bits per heavy atom. The van der Waals surface area contributed by atoms with Crippen LogP contribution in [0.15, 0.2) is 24.3 Å². The minimum Gasteiger partial charge on any atom is -0.295 e. The Hall–Kier alpha value is -1.07. The smallest absolute Gasteiger partial charge is 0.295 e. The highest BCUT2D eigenvalue weighted by atomic mass is 35.5. The molecule has 0 atom stereocenters. The standard InChI is InChI=1S/C14H17ClF3NO/c1-2-7-19(10-14(16,17)18)8-6-13(20)11-4-3-5-12(15)9-11/h3-5,9H,2,6-8,10H2,1H3. The van der Waals surface area contributed by atoms with Gasteiger partial charge in [-0.3, -0.25) is 9.69 Å². The number of benzene rings is 1. The number of carbonyl (C=O) groups is 1. The van der Waals surface area contributed by atoms with Gasteiger partial charge in [0.15, 0.2) is 5.78 Å². The van der Waals surface area contributed by atoms with E-state index in [1.54, 1.807) is 18.2 Å². The molecule has 0 saturated heterocycles. The number of nitrogens with zero attached hydrogens (tertiary/aromatic N) is 1. The number of rotatable bonds is 7. The molecule has 0 fully saturated rings. The summed E-state index contributed by atoms with van der Waals surface area (Å²) < 4.78 is 37.2. The molecule has 0 amide bonds. The first kappa shape index (κ1) is 17.0. The molecule has 20 heavy (non-hydrogen) atoms. The van der Waals surface area contributed by atoms with Gasteiger partial charge in [0.2, 0.25) is 0 Å². The van der Waals surface area contributed by atoms with E-state index in [0.29, 0.717) is 23.6 Å². The van der Waals surface area contributed by atoms with Crippen molar-refractivity contribution in [3.05, 3.63) is 34.9 Å². The predicted molar refractivity (Wildman–Crippen MR) is 73.2 cm³/mol. The molecular weight excluding hydrogens is 291 g/mol. The van der Waals surface area contributed by atoms with Crippen molar-refractivity contribution in [2.24, 2.45) is 0 Å². The molecule has 0 N–H and O–H groups in total. The fourth-order valence-corrected chi connectivity index (χ4v) is 2.10. The molecule has 0 saturated carbocycles. The molecule has 6 heteroatoms. The number of halogens is 4. The van der Waals surface area contributed by atoms with Gasteiger partial charge in [-0.1, -0.05) is 30.7 Å². The van der Waals surface area contributed by atoms with E-state index < -0.39 is 12.7 Å². The third kappa shape index (κ3) is 6.39. The summed E-state index contributed by atoms with van der Waals surface area (Å²) in [5.74, 6) is -0.198. The Morgan fingerprint density at radius 1 is 1.30 bits per heavy atom. The second kappa shape index (κ2) is 7.64. The Balaban J connectivity index is 2.56. The molecule has 0 aliphatic carbocycles. The van der Waals surface area contributed by atoms with Crippen molar-refractivity contribution >= 4 is 17.4 Å². The van der Waals surface area contributed by atoms with Gasteiger partial charge in [-0.05, 0) is 25.1 Å². The lowest BCUT2D eigenvalue weighted by Crippen LogP contribution is -2.36. The van der Waals surface area contributed by atoms with E-state index in [9.17, 15) is 18.0 Å². The number of hydrogen-bond acceptors (Lipinski definition) is 2. The first-order valence-electron chi connectivity index (χ1n) is 6.39. The van der Waals surface area contributed by atoms with Crippen molar-refractivity contribution in [2.75, 3.05) is 19.6 Å². The largest absolute Gasteiger partial charge is 0.401 e. The van der Waals surface area contributed by atoms with E-state index in [2.05, 4.69) is 0 Å². The number of alkyl halides is 3. The first-order chi connectivity index (χ1) is 9.31. The lowest BCUT2D eigenvalue weighted by Gasteiger charge is -2.22. The summed E-state index contributed by atoms with van der Waals surface area (Å²) in [6.45, 7) is 1.24. The molecule has 1 aromatic rings. The molecule has 0 aliphatic rings. The Bertz CT molecular complexity index is 448. The number of ketones is 1. The third-order valence-corrected chi connectivity index (χ3v) is 2.98. The van der Waals surface area contributed by atoms with Gasteiger partial charge < -0.3 is 0 Å². The summed E-state index contributed by atoms with van der Waals surface area (Å²) in [5, 5.41) is 0.441. The number of Topliss-reactive ketones (excluding diaryl/α,β-unsaturated/α-hetero) is 1. The van der Waals surface area contributed by atoms with Gasteiger partial charge in [0.05, 0.1) is 6.54 Å². The zero-order chi connectivity index (χ0) is 15.2. The van der Waals surface area contributed by atoms with Crippen molar-refractivity contribution < 1.29 is 18.0 Å². The van der Waals surface area contributed by atoms with Crippen LogP contribution in [0, 0.1) is 0 Å². The molecule has 0 aromatic heterocycles. The summed E-state index contributed by atoms with van der Waals surface area (Å²) >= 11 is 5.78. The molecule has 0 radical (unpaired) electrons. The zero-order valence-electron chi connectivity index (χ0n) is 11.2. The summed E-state index contributed by atoms with van der Waals surface area (Å²) in [6, 6.07) is 6.43. The fraction of sp³-hybridized carbons (Fsp3) is 0.500. The van der Waals surface area contributed by atoms with E-state index in [-0.39, 0.29) is 18.7 Å². The van der Waals surface area contributed by atoms with Crippen molar-refractivity contribution in [1.82, 2.24) is 4.90 Å². The van der Waals surface area contributed by atoms with Gasteiger partial charge >= 0.3 is 6.18 Å². The van der Waals surface area contributed by atoms with Crippen LogP contribution >= 0.6 is 11.6 Å². The number of hydrogen-bond donors (Lipinski definition) is 0. The van der Waals surface area contributed by atoms with E-state index in [0.717, 1.165) is 0 Å². The average Bonchev–Trinajstić information content (AvgIpc) is 2.34. The van der Waals surface area contributed by atoms with Crippen LogP contribution in [0.1, 0.15) is 30.1 Å². The minimum atomic E-state index is -4.24. The summed E-state index contributed by atoms with van der Waals surface area (Å²) in [5.41, 5.74) is 0.431. The van der Waals surface area contributed by atoms with Gasteiger partial charge in [-0.2, -0.15) is 13.2 Å². The highest BCUT2D eigenvalue weighted by molar-refractivity contribution is 6.31. The third-order valence-electron chi connectivity index (χ3n) is 2.74. The molecule has 0 spiro atoms. The van der Waals surface area contributed by atoms with Crippen LogP contribution in [0.2, 0.25) is 5.02 Å². The Kier molecular flexibility index (Phi) is 6.49. The second-order valence-corrected chi connectivity index (χ2v) is 5.01. The van der Waals surface area contributed by atoms with Crippen molar-refractivity contribution in [2.45, 2.75) is 25.9 Å². The van der Waals surface area contributed by atoms with Gasteiger partial charge in [-0.25, -0.2) is 0 Å². The van der Waals surface area contributed by atoms with E-state index in [1.165, 1.54) is 11.0 Å². The van der Waals surface area contributed by atoms with Crippen LogP contribution in [-0.2, 0) is 0 Å². The lowest BCUT2D eigenvalue weighted by molar-refractivity contribution is -0.145. The molecule has 1 rings (SSSR count). The van der Waals surface area contributed by atoms with Crippen molar-refractivity contribution in [3.63, 3.8) is 0 Å². The van der Waals surface area contributed by atoms with Crippen LogP contribution in [0.3, 0.4) is 0 Å². The van der Waals surface area contributed by atoms with E-state index in [1.807, 2.05) is 6.92 Å². The summed E-state index contributed by atoms with van der Waals surface area (Å²) in [7, 11) is 0. The van der Waals surface area contributed by atoms with Gasteiger partial charge in [0.1, 0.15) is 0 Å². The zero-order valence-corrected chi connectivity index (χ0v) is 12.0. The maximum absolute atomic E-state index is 12.4. The van der Waals surface area contributed by atoms with Crippen LogP contribution < -0.4 is 0 Å². The second-order valence-electron chi connectivity index (χ2n) is 4.57. The molecule has 1 aromatic carbocycles. The van der Waals surface area contributed by atoms with Gasteiger partial charge in [0.25, 0.3) is 0 Å². The minimum absolute atomic E-state index is 0.0520. The van der Waals surface area contributed by atoms with Gasteiger partial charge in [0, 0.05) is 23.6 Å². The van der Waals surface area contributed by atoms with Crippen molar-refractivity contribution in [3.8, 4) is 0 Å². The number of carbonyl (C=O) groups excluding carboxylic acids is 1. The summed E-state index contributed by atoms with van der Waals surface area (Å²) in [6.07, 6.45) is -3.58. The van der Waals surface area contributed by atoms with Crippen LogP contribution in [0.4, 0.5) is 13.2 Å². The average molecular weight is 308 g/mol. The maximum atomic E-state index is 12.4. The molecule has 0 aliphatic heterocycles. The highest BCUT2D eigenvalue weighted by Crippen LogP contribution is 2.17. The lowest BCUT2D eigenvalue weighted by atomic mass is 10.1. The quantitative estimate of drug-likeness (QED) is 0.704. The Labute approximate surface area is 121 Å². The molecule has 0 heterocycles. The topological polar surface area (TPSA) is 20.3 Å². The first-order valence-corrected chi connectivity index (χ1v) is 6.77.